The van der Waals surface area contributed by atoms with Gasteiger partial charge in [0.05, 0.1) is 0 Å². The number of hydrogen-bond acceptors (Lipinski definition) is 3. The van der Waals surface area contributed by atoms with E-state index in [1.54, 1.807) is 0 Å². The number of carboxylic acids is 1. The summed E-state index contributed by atoms with van der Waals surface area (Å²) in [5.41, 5.74) is -0.387. The van der Waals surface area contributed by atoms with Crippen molar-refractivity contribution in [2.75, 3.05) is 0 Å². The number of carboxylic acid groups (broad SMARTS) is 1. The summed E-state index contributed by atoms with van der Waals surface area (Å²) in [6.45, 7) is 0. The molecule has 0 aliphatic carbocycles. The number of hydrogen-bond donors (Lipinski definition) is 1. The second-order valence-electron chi connectivity index (χ2n) is 3.46. The van der Waals surface area contributed by atoms with Crippen LogP contribution < -0.4 is 4.74 Å². The molecular weight excluding hydrogens is 324 g/mol. The minimum absolute atomic E-state index is 0.175. The van der Waals surface area contributed by atoms with Gasteiger partial charge in [-0.15, -0.1) is 0 Å². The Hall–Kier alpha value is -2.02. The smallest absolute Gasteiger partial charge is 0.358 e. The molecule has 0 spiro atoms. The third-order valence-corrected chi connectivity index (χ3v) is 2.61. The Balaban J connectivity index is 2.45. The van der Waals surface area contributed by atoms with Crippen LogP contribution in [0.1, 0.15) is 10.5 Å². The maximum Gasteiger partial charge on any atom is 0.358 e. The van der Waals surface area contributed by atoms with Crippen LogP contribution in [0.25, 0.3) is 0 Å². The third-order valence-electron chi connectivity index (χ3n) is 2.15. The largest absolute Gasteiger partial charge is 0.476 e. The van der Waals surface area contributed by atoms with Gasteiger partial charge in [-0.3, -0.25) is 0 Å². The SMILES string of the molecule is O=C(O)c1ncccc1Oc1cc(Br)cc(F)c1F. The molecule has 0 fully saturated rings. The molecule has 1 heterocycles. The lowest BCUT2D eigenvalue weighted by Gasteiger charge is -2.09. The highest BCUT2D eigenvalue weighted by molar-refractivity contribution is 9.10. The van der Waals surface area contributed by atoms with Crippen LogP contribution in [-0.4, -0.2) is 16.1 Å². The summed E-state index contributed by atoms with van der Waals surface area (Å²) in [5.74, 6) is -4.24. The van der Waals surface area contributed by atoms with Crippen LogP contribution in [0, 0.1) is 11.6 Å². The number of benzene rings is 1. The van der Waals surface area contributed by atoms with Gasteiger partial charge in [0.15, 0.2) is 23.0 Å². The van der Waals surface area contributed by atoms with Crippen LogP contribution in [0.2, 0.25) is 0 Å². The molecule has 0 atom stereocenters. The van der Waals surface area contributed by atoms with Crippen LogP contribution in [0.5, 0.6) is 11.5 Å². The number of pyridine rings is 1. The first-order chi connectivity index (χ1) is 8.99. The number of nitrogens with zero attached hydrogens (tertiary/aromatic N) is 1. The minimum Gasteiger partial charge on any atom is -0.476 e. The molecule has 0 saturated carbocycles. The monoisotopic (exact) mass is 329 g/mol. The van der Waals surface area contributed by atoms with Crippen molar-refractivity contribution in [3.8, 4) is 11.5 Å². The molecule has 0 aliphatic heterocycles. The van der Waals surface area contributed by atoms with Crippen molar-refractivity contribution in [3.63, 3.8) is 0 Å². The van der Waals surface area contributed by atoms with E-state index in [4.69, 9.17) is 9.84 Å². The van der Waals surface area contributed by atoms with Crippen LogP contribution in [0.15, 0.2) is 34.9 Å². The Morgan fingerprint density at radius 2 is 2.05 bits per heavy atom. The molecule has 7 heteroatoms. The van der Waals surface area contributed by atoms with Gasteiger partial charge in [-0.1, -0.05) is 15.9 Å². The quantitative estimate of drug-likeness (QED) is 0.874. The summed E-state index contributed by atoms with van der Waals surface area (Å²) in [5, 5.41) is 8.90. The van der Waals surface area contributed by atoms with Gasteiger partial charge < -0.3 is 9.84 Å². The van der Waals surface area contributed by atoms with Gasteiger partial charge in [0.1, 0.15) is 0 Å². The van der Waals surface area contributed by atoms with Crippen LogP contribution in [-0.2, 0) is 0 Å². The van der Waals surface area contributed by atoms with Gasteiger partial charge in [-0.2, -0.15) is 4.39 Å². The van der Waals surface area contributed by atoms with Crippen LogP contribution in [0.4, 0.5) is 8.78 Å². The first-order valence-electron chi connectivity index (χ1n) is 4.99. The van der Waals surface area contributed by atoms with Crippen molar-refractivity contribution in [2.45, 2.75) is 0 Å². The van der Waals surface area contributed by atoms with Crippen LogP contribution >= 0.6 is 15.9 Å². The van der Waals surface area contributed by atoms with E-state index < -0.39 is 23.4 Å². The molecule has 0 aliphatic rings. The molecule has 0 amide bonds. The zero-order valence-corrected chi connectivity index (χ0v) is 10.8. The number of rotatable bonds is 3. The summed E-state index contributed by atoms with van der Waals surface area (Å²) < 4.78 is 32.0. The molecule has 0 saturated heterocycles. The van der Waals surface area contributed by atoms with Crippen molar-refractivity contribution >= 4 is 21.9 Å². The first-order valence-corrected chi connectivity index (χ1v) is 5.79. The van der Waals surface area contributed by atoms with Gasteiger partial charge >= 0.3 is 5.97 Å². The zero-order valence-electron chi connectivity index (χ0n) is 9.23. The van der Waals surface area contributed by atoms with E-state index in [0.717, 1.165) is 6.07 Å². The predicted molar refractivity (Wildman–Crippen MR) is 65.3 cm³/mol. The predicted octanol–water partition coefficient (Wildman–Crippen LogP) is 3.61. The van der Waals surface area contributed by atoms with Gasteiger partial charge in [-0.05, 0) is 24.3 Å². The molecule has 2 rings (SSSR count). The van der Waals surface area contributed by atoms with Crippen molar-refractivity contribution in [3.05, 3.63) is 52.3 Å². The van der Waals surface area contributed by atoms with Gasteiger partial charge in [-0.25, -0.2) is 14.2 Å². The fourth-order valence-electron chi connectivity index (χ4n) is 1.36. The fraction of sp³-hybridized carbons (Fsp3) is 0. The molecule has 1 aromatic carbocycles. The fourth-order valence-corrected chi connectivity index (χ4v) is 1.77. The summed E-state index contributed by atoms with van der Waals surface area (Å²) >= 11 is 2.99. The zero-order chi connectivity index (χ0) is 14.0. The van der Waals surface area contributed by atoms with Crippen molar-refractivity contribution in [1.82, 2.24) is 4.98 Å². The topological polar surface area (TPSA) is 59.4 Å². The molecule has 0 unspecified atom stereocenters. The molecule has 1 N–H and O–H groups in total. The number of ether oxygens (including phenoxy) is 1. The van der Waals surface area contributed by atoms with Gasteiger partial charge in [0.25, 0.3) is 0 Å². The van der Waals surface area contributed by atoms with Gasteiger partial charge in [0, 0.05) is 10.7 Å². The Labute approximate surface area is 114 Å². The lowest BCUT2D eigenvalue weighted by atomic mass is 10.3. The summed E-state index contributed by atoms with van der Waals surface area (Å²) in [7, 11) is 0. The second-order valence-corrected chi connectivity index (χ2v) is 4.37. The highest BCUT2D eigenvalue weighted by Gasteiger charge is 2.17. The van der Waals surface area contributed by atoms with E-state index >= 15 is 0 Å². The summed E-state index contributed by atoms with van der Waals surface area (Å²) in [6, 6.07) is 4.85. The van der Waals surface area contributed by atoms with E-state index in [1.807, 2.05) is 0 Å². The lowest BCUT2D eigenvalue weighted by Crippen LogP contribution is -2.03. The highest BCUT2D eigenvalue weighted by atomic mass is 79.9. The van der Waals surface area contributed by atoms with Crippen LogP contribution in [0.3, 0.4) is 0 Å². The Kier molecular flexibility index (Phi) is 3.75. The maximum absolute atomic E-state index is 13.5. The van der Waals surface area contributed by atoms with E-state index in [-0.39, 0.29) is 15.9 Å². The molecule has 2 aromatic rings. The average molecular weight is 330 g/mol. The molecule has 19 heavy (non-hydrogen) atoms. The summed E-state index contributed by atoms with van der Waals surface area (Å²) in [6.07, 6.45) is 1.26. The van der Waals surface area contributed by atoms with E-state index in [2.05, 4.69) is 20.9 Å². The molecule has 98 valence electrons. The molecule has 0 bridgehead atoms. The molecule has 4 nitrogen and oxygen atoms in total. The van der Waals surface area contributed by atoms with Crippen molar-refractivity contribution < 1.29 is 23.4 Å². The Morgan fingerprint density at radius 3 is 2.74 bits per heavy atom. The van der Waals surface area contributed by atoms with E-state index in [9.17, 15) is 13.6 Å². The minimum atomic E-state index is -1.33. The van der Waals surface area contributed by atoms with Crippen molar-refractivity contribution in [2.24, 2.45) is 0 Å². The molecular formula is C12H6BrF2NO3. The van der Waals surface area contributed by atoms with Crippen molar-refractivity contribution in [1.29, 1.82) is 0 Å². The molecule has 1 aromatic heterocycles. The van der Waals surface area contributed by atoms with Gasteiger partial charge in [0.2, 0.25) is 5.82 Å². The Bertz CT molecular complexity index is 649. The first kappa shape index (κ1) is 13.4. The number of carbonyl (C=O) groups is 1. The number of aromatic nitrogens is 1. The maximum atomic E-state index is 13.5. The number of halogens is 3. The standard InChI is InChI=1S/C12H6BrF2NO3/c13-6-4-7(14)10(15)9(5-6)19-8-2-1-3-16-11(8)12(17)18/h1-5H,(H,17,18). The van der Waals surface area contributed by atoms with E-state index in [0.29, 0.717) is 0 Å². The third kappa shape index (κ3) is 2.87. The van der Waals surface area contributed by atoms with E-state index in [1.165, 1.54) is 24.4 Å². The normalized spacial score (nSPS) is 10.3. The average Bonchev–Trinajstić information content (AvgIpc) is 2.35. The lowest BCUT2D eigenvalue weighted by molar-refractivity contribution is 0.0687. The Morgan fingerprint density at radius 1 is 1.32 bits per heavy atom. The highest BCUT2D eigenvalue weighted by Crippen LogP contribution is 2.30. The summed E-state index contributed by atoms with van der Waals surface area (Å²) in [4.78, 5) is 14.5. The molecule has 0 radical (unpaired) electrons. The second kappa shape index (κ2) is 5.31. The number of aromatic carboxylic acids is 1.